The number of carbonyl (C=O) groups excluding carboxylic acids is 3. The summed E-state index contributed by atoms with van der Waals surface area (Å²) >= 11 is 12.7. The molecular formula is C30H27Cl2F2N3O8S. The van der Waals surface area contributed by atoms with Crippen LogP contribution in [0.1, 0.15) is 40.4 Å². The lowest BCUT2D eigenvalue weighted by atomic mass is 10.0. The van der Waals surface area contributed by atoms with Crippen LogP contribution in [0, 0.1) is 5.92 Å². The van der Waals surface area contributed by atoms with Crippen molar-refractivity contribution in [3.63, 3.8) is 0 Å². The molecule has 0 unspecified atom stereocenters. The molecule has 46 heavy (non-hydrogen) atoms. The molecule has 0 bridgehead atoms. The van der Waals surface area contributed by atoms with Crippen LogP contribution < -0.4 is 14.4 Å². The molecule has 1 atom stereocenters. The maximum Gasteiger partial charge on any atom is 0.387 e. The van der Waals surface area contributed by atoms with Crippen LogP contribution in [0.4, 0.5) is 14.5 Å². The Kier molecular flexibility index (Phi) is 9.82. The summed E-state index contributed by atoms with van der Waals surface area (Å²) in [6.45, 7) is -3.54. The van der Waals surface area contributed by atoms with Crippen LogP contribution in [0.5, 0.6) is 11.5 Å². The summed E-state index contributed by atoms with van der Waals surface area (Å²) < 4.78 is 68.6. The molecule has 5 rings (SSSR count). The minimum Gasteiger partial charge on any atom is -0.489 e. The Bertz CT molecular complexity index is 1780. The van der Waals surface area contributed by atoms with Crippen LogP contribution in [0.25, 0.3) is 0 Å². The third-order valence-electron chi connectivity index (χ3n) is 7.35. The van der Waals surface area contributed by atoms with E-state index in [0.29, 0.717) is 11.1 Å². The number of nitrogens with zero attached hydrogens (tertiary/aromatic N) is 3. The first kappa shape index (κ1) is 33.5. The first-order chi connectivity index (χ1) is 21.8. The fraction of sp³-hybridized carbons (Fsp3) is 0.333. The van der Waals surface area contributed by atoms with Gasteiger partial charge in [-0.3, -0.25) is 24.3 Å². The molecule has 11 nitrogen and oxygen atoms in total. The number of halogens is 4. The predicted octanol–water partition coefficient (Wildman–Crippen LogP) is 5.09. The molecule has 2 aromatic carbocycles. The molecule has 0 saturated heterocycles. The van der Waals surface area contributed by atoms with Gasteiger partial charge in [0.1, 0.15) is 12.6 Å². The highest BCUT2D eigenvalue weighted by Gasteiger charge is 2.39. The summed E-state index contributed by atoms with van der Waals surface area (Å²) in [5.74, 6) is -2.90. The fourth-order valence-electron chi connectivity index (χ4n) is 4.70. The number of alkyl halides is 2. The molecule has 0 N–H and O–H groups in total. The van der Waals surface area contributed by atoms with Gasteiger partial charge in [-0.1, -0.05) is 29.3 Å². The summed E-state index contributed by atoms with van der Waals surface area (Å²) in [4.78, 5) is 43.7. The quantitative estimate of drug-likeness (QED) is 0.177. The number of hydrogen-bond donors (Lipinski definition) is 0. The Morgan fingerprint density at radius 3 is 2.39 bits per heavy atom. The Morgan fingerprint density at radius 2 is 1.76 bits per heavy atom. The highest BCUT2D eigenvalue weighted by molar-refractivity contribution is 7.89. The lowest BCUT2D eigenvalue weighted by Crippen LogP contribution is -2.36. The van der Waals surface area contributed by atoms with Crippen molar-refractivity contribution in [1.29, 1.82) is 0 Å². The van der Waals surface area contributed by atoms with Crippen molar-refractivity contribution in [3.05, 3.63) is 75.5 Å². The number of Topliss-reactive ketones (excluding diaryl/α,β-unsaturated/α-hetero) is 1. The van der Waals surface area contributed by atoms with Gasteiger partial charge in [-0.25, -0.2) is 12.7 Å². The largest absolute Gasteiger partial charge is 0.489 e. The zero-order chi connectivity index (χ0) is 33.3. The molecule has 1 saturated carbocycles. The van der Waals surface area contributed by atoms with Crippen molar-refractivity contribution in [2.45, 2.75) is 36.9 Å². The number of rotatable bonds is 13. The van der Waals surface area contributed by atoms with Gasteiger partial charge in [0.25, 0.3) is 11.7 Å². The number of sulfonamides is 1. The Balaban J connectivity index is 1.44. The maximum absolute atomic E-state index is 13.4. The molecule has 2 aliphatic rings. The van der Waals surface area contributed by atoms with Crippen molar-refractivity contribution in [1.82, 2.24) is 9.29 Å². The van der Waals surface area contributed by atoms with E-state index in [9.17, 15) is 31.6 Å². The van der Waals surface area contributed by atoms with Gasteiger partial charge in [-0.05, 0) is 60.2 Å². The highest BCUT2D eigenvalue weighted by Crippen LogP contribution is 2.38. The van der Waals surface area contributed by atoms with E-state index in [1.165, 1.54) is 56.8 Å². The minimum absolute atomic E-state index is 0.00963. The van der Waals surface area contributed by atoms with Crippen molar-refractivity contribution in [2.75, 3.05) is 32.1 Å². The minimum atomic E-state index is -3.91. The zero-order valence-corrected chi connectivity index (χ0v) is 26.7. The standard InChI is InChI=1S/C30H27Cl2F2N3O8S/c1-36(2)46(41,42)18-6-7-23-20(10-18)28(39)29(40)37(23)14-27(38)44-25(11-19-21(31)12-35-13-22(19)32)17-5-8-24(45-30(33)34)26(9-17)43-15-16-3-4-16/h5-10,12-13,16,25,30H,3-4,11,14-15H2,1-2H3/t25-/m0/s1. The van der Waals surface area contributed by atoms with Crippen molar-refractivity contribution >= 4 is 56.6 Å². The van der Waals surface area contributed by atoms with E-state index < -0.39 is 46.9 Å². The average molecular weight is 699 g/mol. The molecule has 16 heteroatoms. The van der Waals surface area contributed by atoms with Crippen LogP contribution in [0.2, 0.25) is 10.0 Å². The maximum atomic E-state index is 13.4. The number of benzene rings is 2. The number of ketones is 1. The predicted molar refractivity (Wildman–Crippen MR) is 162 cm³/mol. The molecule has 1 aromatic heterocycles. The molecule has 1 fully saturated rings. The summed E-state index contributed by atoms with van der Waals surface area (Å²) in [6.07, 6.45) is 3.37. The first-order valence-corrected chi connectivity index (χ1v) is 16.1. The summed E-state index contributed by atoms with van der Waals surface area (Å²) in [5.41, 5.74) is 0.537. The van der Waals surface area contributed by atoms with Crippen LogP contribution in [0.15, 0.2) is 53.7 Å². The number of aromatic nitrogens is 1. The lowest BCUT2D eigenvalue weighted by molar-refractivity contribution is -0.148. The smallest absolute Gasteiger partial charge is 0.387 e. The fourth-order valence-corrected chi connectivity index (χ4v) is 6.15. The number of ether oxygens (including phenoxy) is 3. The monoisotopic (exact) mass is 697 g/mol. The van der Waals surface area contributed by atoms with Crippen LogP contribution in [-0.2, 0) is 30.8 Å². The molecule has 1 amide bonds. The second-order valence-electron chi connectivity index (χ2n) is 10.8. The number of fused-ring (bicyclic) bond motifs is 1. The summed E-state index contributed by atoms with van der Waals surface area (Å²) in [6, 6.07) is 7.65. The van der Waals surface area contributed by atoms with E-state index in [4.69, 9.17) is 32.7 Å². The van der Waals surface area contributed by atoms with Gasteiger partial charge in [0.05, 0.1) is 32.8 Å². The molecule has 0 radical (unpaired) electrons. The van der Waals surface area contributed by atoms with Crippen molar-refractivity contribution in [2.24, 2.45) is 5.92 Å². The van der Waals surface area contributed by atoms with Gasteiger partial charge in [-0.2, -0.15) is 8.78 Å². The SMILES string of the molecule is CN(C)S(=O)(=O)c1ccc2c(c1)C(=O)C(=O)N2CC(=O)O[C@@H](Cc1c(Cl)cncc1Cl)c1ccc(OC(F)F)c(OCC2CC2)c1. The second-order valence-corrected chi connectivity index (χ2v) is 13.8. The van der Waals surface area contributed by atoms with Gasteiger partial charge in [0, 0.05) is 32.9 Å². The van der Waals surface area contributed by atoms with Crippen LogP contribution in [-0.4, -0.2) is 69.2 Å². The Morgan fingerprint density at radius 1 is 1.07 bits per heavy atom. The molecule has 0 spiro atoms. The summed E-state index contributed by atoms with van der Waals surface area (Å²) in [5, 5.41) is 0.350. The Labute approximate surface area is 273 Å². The topological polar surface area (TPSA) is 132 Å². The van der Waals surface area contributed by atoms with Crippen LogP contribution >= 0.6 is 23.2 Å². The van der Waals surface area contributed by atoms with Gasteiger partial charge < -0.3 is 14.2 Å². The van der Waals surface area contributed by atoms with Crippen molar-refractivity contribution in [3.8, 4) is 11.5 Å². The van der Waals surface area contributed by atoms with Crippen LogP contribution in [0.3, 0.4) is 0 Å². The van der Waals surface area contributed by atoms with E-state index in [0.717, 1.165) is 28.1 Å². The van der Waals surface area contributed by atoms with E-state index in [1.54, 1.807) is 0 Å². The molecule has 1 aliphatic heterocycles. The van der Waals surface area contributed by atoms with Gasteiger partial charge in [0.15, 0.2) is 11.5 Å². The second kappa shape index (κ2) is 13.5. The number of pyridine rings is 1. The molecule has 2 heterocycles. The average Bonchev–Trinajstić information content (AvgIpc) is 3.80. The summed E-state index contributed by atoms with van der Waals surface area (Å²) in [7, 11) is -1.27. The third-order valence-corrected chi connectivity index (χ3v) is 9.81. The number of esters is 1. The Hall–Kier alpha value is -3.85. The van der Waals surface area contributed by atoms with E-state index in [2.05, 4.69) is 9.72 Å². The normalized spacial score (nSPS) is 15.3. The van der Waals surface area contributed by atoms with E-state index >= 15 is 0 Å². The number of anilines is 1. The first-order valence-electron chi connectivity index (χ1n) is 13.9. The van der Waals surface area contributed by atoms with Crippen molar-refractivity contribution < 1.29 is 45.8 Å². The third kappa shape index (κ3) is 7.25. The number of carbonyl (C=O) groups is 3. The molecule has 244 valence electrons. The van der Waals surface area contributed by atoms with Gasteiger partial charge in [-0.15, -0.1) is 0 Å². The number of hydrogen-bond acceptors (Lipinski definition) is 9. The van der Waals surface area contributed by atoms with E-state index in [1.807, 2.05) is 0 Å². The molecule has 3 aromatic rings. The number of amides is 1. The zero-order valence-electron chi connectivity index (χ0n) is 24.4. The van der Waals surface area contributed by atoms with E-state index in [-0.39, 0.29) is 56.6 Å². The van der Waals surface area contributed by atoms with Gasteiger partial charge >= 0.3 is 12.6 Å². The lowest BCUT2D eigenvalue weighted by Gasteiger charge is -2.23. The molecule has 1 aliphatic carbocycles. The van der Waals surface area contributed by atoms with Gasteiger partial charge in [0.2, 0.25) is 10.0 Å². The molecular weight excluding hydrogens is 671 g/mol. The highest BCUT2D eigenvalue weighted by atomic mass is 35.5.